The molecule has 104 valence electrons. The molecule has 0 spiro atoms. The van der Waals surface area contributed by atoms with Crippen LogP contribution >= 0.6 is 27.7 Å². The van der Waals surface area contributed by atoms with E-state index in [-0.39, 0.29) is 6.03 Å². The van der Waals surface area contributed by atoms with E-state index in [1.165, 1.54) is 0 Å². The number of hydrogen-bond acceptors (Lipinski definition) is 4. The number of hydrogen-bond donors (Lipinski definition) is 0. The van der Waals surface area contributed by atoms with Crippen LogP contribution in [0.25, 0.3) is 0 Å². The molecule has 1 aliphatic rings. The maximum Gasteiger partial charge on any atom is 0.319 e. The lowest BCUT2D eigenvalue weighted by atomic mass is 10.3. The summed E-state index contributed by atoms with van der Waals surface area (Å²) in [5.41, 5.74) is 0. The normalized spacial score (nSPS) is 15.4. The summed E-state index contributed by atoms with van der Waals surface area (Å²) >= 11 is 5.21. The lowest BCUT2D eigenvalue weighted by Crippen LogP contribution is -2.45. The number of amides is 2. The van der Waals surface area contributed by atoms with Gasteiger partial charge in [0.2, 0.25) is 0 Å². The van der Waals surface area contributed by atoms with Gasteiger partial charge in [0.15, 0.2) is 0 Å². The largest absolute Gasteiger partial charge is 0.327 e. The van der Waals surface area contributed by atoms with Crippen LogP contribution in [0.15, 0.2) is 16.9 Å². The molecule has 2 heterocycles. The van der Waals surface area contributed by atoms with Gasteiger partial charge in [-0.3, -0.25) is 0 Å². The molecule has 0 radical (unpaired) electrons. The second kappa shape index (κ2) is 7.09. The van der Waals surface area contributed by atoms with Gasteiger partial charge in [0.05, 0.1) is 4.47 Å². The zero-order chi connectivity index (χ0) is 13.7. The molecule has 1 saturated heterocycles. The van der Waals surface area contributed by atoms with E-state index >= 15 is 0 Å². The molecule has 0 saturated carbocycles. The average molecular weight is 345 g/mol. The van der Waals surface area contributed by atoms with Crippen molar-refractivity contribution in [2.24, 2.45) is 0 Å². The van der Waals surface area contributed by atoms with Crippen LogP contribution in [0.2, 0.25) is 0 Å². The molecule has 1 fully saturated rings. The van der Waals surface area contributed by atoms with Gasteiger partial charge in [-0.15, -0.1) is 0 Å². The van der Waals surface area contributed by atoms with E-state index in [1.54, 1.807) is 17.3 Å². The summed E-state index contributed by atoms with van der Waals surface area (Å²) in [5.74, 6) is 2.84. The van der Waals surface area contributed by atoms with Crippen LogP contribution in [-0.2, 0) is 6.42 Å². The Morgan fingerprint density at radius 2 is 2.05 bits per heavy atom. The highest BCUT2D eigenvalue weighted by atomic mass is 79.9. The first-order valence-electron chi connectivity index (χ1n) is 6.21. The summed E-state index contributed by atoms with van der Waals surface area (Å²) in [5, 5.41) is 0. The standard InChI is InChI=1S/C12H17BrN4OS/c1-16(12(18)17-4-6-19-7-5-17)3-2-11-14-8-10(13)9-15-11/h8-9H,2-7H2,1H3. The van der Waals surface area contributed by atoms with Gasteiger partial charge in [-0.25, -0.2) is 14.8 Å². The van der Waals surface area contributed by atoms with Gasteiger partial charge in [-0.2, -0.15) is 11.8 Å². The molecule has 0 aliphatic carbocycles. The number of likely N-dealkylation sites (N-methyl/N-ethyl adjacent to an activating group) is 1. The Morgan fingerprint density at radius 1 is 1.42 bits per heavy atom. The third-order valence-corrected chi connectivity index (χ3v) is 4.30. The van der Waals surface area contributed by atoms with E-state index in [0.717, 1.165) is 34.9 Å². The summed E-state index contributed by atoms with van der Waals surface area (Å²) < 4.78 is 0.867. The van der Waals surface area contributed by atoms with Gasteiger partial charge >= 0.3 is 6.03 Å². The van der Waals surface area contributed by atoms with E-state index in [2.05, 4.69) is 25.9 Å². The van der Waals surface area contributed by atoms with Crippen LogP contribution in [-0.4, -0.2) is 64.0 Å². The molecule has 19 heavy (non-hydrogen) atoms. The summed E-state index contributed by atoms with van der Waals surface area (Å²) in [6.45, 7) is 2.34. The van der Waals surface area contributed by atoms with Gasteiger partial charge in [0, 0.05) is 57.0 Å². The van der Waals surface area contributed by atoms with Crippen molar-refractivity contribution in [3.8, 4) is 0 Å². The average Bonchev–Trinajstić information content (AvgIpc) is 2.46. The Kier molecular flexibility index (Phi) is 5.45. The number of urea groups is 1. The Bertz CT molecular complexity index is 422. The zero-order valence-electron chi connectivity index (χ0n) is 10.9. The highest BCUT2D eigenvalue weighted by Gasteiger charge is 2.19. The second-order valence-electron chi connectivity index (χ2n) is 4.37. The fourth-order valence-electron chi connectivity index (χ4n) is 1.83. The summed E-state index contributed by atoms with van der Waals surface area (Å²) in [7, 11) is 1.84. The van der Waals surface area contributed by atoms with Crippen LogP contribution < -0.4 is 0 Å². The summed E-state index contributed by atoms with van der Waals surface area (Å²) in [6.07, 6.45) is 4.14. The fraction of sp³-hybridized carbons (Fsp3) is 0.583. The van der Waals surface area contributed by atoms with Crippen molar-refractivity contribution >= 4 is 33.7 Å². The molecule has 5 nitrogen and oxygen atoms in total. The Hall–Kier alpha value is -0.820. The van der Waals surface area contributed by atoms with E-state index in [9.17, 15) is 4.79 Å². The van der Waals surface area contributed by atoms with Gasteiger partial charge < -0.3 is 9.80 Å². The van der Waals surface area contributed by atoms with Gasteiger partial charge in [-0.1, -0.05) is 0 Å². The van der Waals surface area contributed by atoms with Crippen molar-refractivity contribution in [2.75, 3.05) is 38.2 Å². The highest BCUT2D eigenvalue weighted by molar-refractivity contribution is 9.10. The minimum absolute atomic E-state index is 0.109. The van der Waals surface area contributed by atoms with Crippen molar-refractivity contribution in [1.82, 2.24) is 19.8 Å². The fourth-order valence-corrected chi connectivity index (χ4v) is 2.94. The third kappa shape index (κ3) is 4.35. The van der Waals surface area contributed by atoms with Crippen molar-refractivity contribution in [1.29, 1.82) is 0 Å². The molecule has 0 unspecified atom stereocenters. The monoisotopic (exact) mass is 344 g/mol. The van der Waals surface area contributed by atoms with E-state index < -0.39 is 0 Å². The number of thioether (sulfide) groups is 1. The SMILES string of the molecule is CN(CCc1ncc(Br)cn1)C(=O)N1CCSCC1. The lowest BCUT2D eigenvalue weighted by molar-refractivity contribution is 0.168. The van der Waals surface area contributed by atoms with Gasteiger partial charge in [-0.05, 0) is 15.9 Å². The van der Waals surface area contributed by atoms with Crippen molar-refractivity contribution < 1.29 is 4.79 Å². The minimum Gasteiger partial charge on any atom is -0.327 e. The molecular weight excluding hydrogens is 328 g/mol. The van der Waals surface area contributed by atoms with Crippen molar-refractivity contribution in [3.63, 3.8) is 0 Å². The second-order valence-corrected chi connectivity index (χ2v) is 6.51. The van der Waals surface area contributed by atoms with Crippen LogP contribution in [0.5, 0.6) is 0 Å². The Labute approximate surface area is 125 Å². The topological polar surface area (TPSA) is 49.3 Å². The predicted octanol–water partition coefficient (Wildman–Crippen LogP) is 1.88. The lowest BCUT2D eigenvalue weighted by Gasteiger charge is -2.30. The first kappa shape index (κ1) is 14.6. The molecule has 1 aromatic rings. The minimum atomic E-state index is 0.109. The Balaban J connectivity index is 1.81. The maximum atomic E-state index is 12.2. The van der Waals surface area contributed by atoms with Crippen molar-refractivity contribution in [2.45, 2.75) is 6.42 Å². The quantitative estimate of drug-likeness (QED) is 0.839. The molecule has 7 heteroatoms. The molecule has 2 rings (SSSR count). The number of carbonyl (C=O) groups is 1. The maximum absolute atomic E-state index is 12.2. The third-order valence-electron chi connectivity index (χ3n) is 2.95. The van der Waals surface area contributed by atoms with Crippen LogP contribution in [0, 0.1) is 0 Å². The Morgan fingerprint density at radius 3 is 2.68 bits per heavy atom. The van der Waals surface area contributed by atoms with Crippen LogP contribution in [0.4, 0.5) is 4.79 Å². The summed E-state index contributed by atoms with van der Waals surface area (Å²) in [4.78, 5) is 24.3. The zero-order valence-corrected chi connectivity index (χ0v) is 13.3. The molecule has 1 aromatic heterocycles. The highest BCUT2D eigenvalue weighted by Crippen LogP contribution is 2.11. The number of carbonyl (C=O) groups excluding carboxylic acids is 1. The first-order chi connectivity index (χ1) is 9.16. The van der Waals surface area contributed by atoms with E-state index in [1.807, 2.05) is 23.7 Å². The molecular formula is C12H17BrN4OS. The molecule has 0 bridgehead atoms. The van der Waals surface area contributed by atoms with E-state index in [0.29, 0.717) is 13.0 Å². The number of nitrogens with zero attached hydrogens (tertiary/aromatic N) is 4. The van der Waals surface area contributed by atoms with Gasteiger partial charge in [0.25, 0.3) is 0 Å². The molecule has 2 amide bonds. The first-order valence-corrected chi connectivity index (χ1v) is 8.16. The number of halogens is 1. The van der Waals surface area contributed by atoms with E-state index in [4.69, 9.17) is 0 Å². The smallest absolute Gasteiger partial charge is 0.319 e. The predicted molar refractivity (Wildman–Crippen MR) is 80.4 cm³/mol. The molecule has 0 aromatic carbocycles. The molecule has 1 aliphatic heterocycles. The molecule has 0 atom stereocenters. The number of rotatable bonds is 3. The van der Waals surface area contributed by atoms with Crippen LogP contribution in [0.3, 0.4) is 0 Å². The van der Waals surface area contributed by atoms with Crippen molar-refractivity contribution in [3.05, 3.63) is 22.7 Å². The number of aromatic nitrogens is 2. The summed E-state index contributed by atoms with van der Waals surface area (Å²) in [6, 6.07) is 0.109. The van der Waals surface area contributed by atoms with Crippen LogP contribution in [0.1, 0.15) is 5.82 Å². The van der Waals surface area contributed by atoms with Gasteiger partial charge in [0.1, 0.15) is 5.82 Å². The molecule has 0 N–H and O–H groups in total.